The third-order valence-electron chi connectivity index (χ3n) is 3.39. The van der Waals surface area contributed by atoms with Crippen LogP contribution < -0.4 is 14.9 Å². The zero-order valence-electron chi connectivity index (χ0n) is 12.9. The largest absolute Gasteiger partial charge is 0.497 e. The minimum Gasteiger partial charge on any atom is -0.497 e. The van der Waals surface area contributed by atoms with Crippen LogP contribution in [0.5, 0.6) is 11.5 Å². The Kier molecular flexibility index (Phi) is 4.33. The van der Waals surface area contributed by atoms with E-state index in [0.29, 0.717) is 11.6 Å². The molecule has 2 aromatic carbocycles. The van der Waals surface area contributed by atoms with Gasteiger partial charge in [0.15, 0.2) is 5.82 Å². The van der Waals surface area contributed by atoms with Gasteiger partial charge in [0.2, 0.25) is 0 Å². The number of aromatic nitrogens is 2. The molecule has 0 aliphatic rings. The second kappa shape index (κ2) is 6.74. The molecule has 1 aromatic heterocycles. The predicted octanol–water partition coefficient (Wildman–Crippen LogP) is 3.09. The maximum absolute atomic E-state index is 5.33. The lowest BCUT2D eigenvalue weighted by molar-refractivity contribution is 0.394. The van der Waals surface area contributed by atoms with Gasteiger partial charge >= 0.3 is 0 Å². The molecule has 0 amide bonds. The third kappa shape index (κ3) is 3.21. The average Bonchev–Trinajstić information content (AvgIpc) is 2.62. The maximum atomic E-state index is 5.33. The van der Waals surface area contributed by atoms with Crippen molar-refractivity contribution >= 4 is 22.8 Å². The molecule has 0 saturated heterocycles. The third-order valence-corrected chi connectivity index (χ3v) is 3.39. The SMILES string of the molecule is COc1ccc(/C=N/Nc2nncc3ccccc23)c(OC)c1. The molecule has 0 aliphatic heterocycles. The highest BCUT2D eigenvalue weighted by atomic mass is 16.5. The first-order chi connectivity index (χ1) is 11.3. The average molecular weight is 308 g/mol. The van der Waals surface area contributed by atoms with E-state index in [2.05, 4.69) is 20.7 Å². The summed E-state index contributed by atoms with van der Waals surface area (Å²) in [6.07, 6.45) is 3.39. The van der Waals surface area contributed by atoms with Crippen molar-refractivity contribution in [3.8, 4) is 11.5 Å². The topological polar surface area (TPSA) is 68.6 Å². The number of nitrogens with one attached hydrogen (secondary N) is 1. The van der Waals surface area contributed by atoms with Crippen LogP contribution in [0.15, 0.2) is 53.8 Å². The van der Waals surface area contributed by atoms with Crippen LogP contribution in [0, 0.1) is 0 Å². The van der Waals surface area contributed by atoms with E-state index in [1.54, 1.807) is 32.7 Å². The Bertz CT molecular complexity index is 844. The van der Waals surface area contributed by atoms with Gasteiger partial charge in [0.1, 0.15) is 11.5 Å². The summed E-state index contributed by atoms with van der Waals surface area (Å²) < 4.78 is 10.5. The van der Waals surface area contributed by atoms with Crippen molar-refractivity contribution in [3.05, 3.63) is 54.2 Å². The molecule has 0 radical (unpaired) electrons. The van der Waals surface area contributed by atoms with Crippen molar-refractivity contribution in [2.24, 2.45) is 5.10 Å². The lowest BCUT2D eigenvalue weighted by Crippen LogP contribution is -1.98. The first kappa shape index (κ1) is 14.8. The maximum Gasteiger partial charge on any atom is 0.176 e. The first-order valence-electron chi connectivity index (χ1n) is 7.03. The molecule has 0 unspecified atom stereocenters. The molecular formula is C17H16N4O2. The number of nitrogens with zero attached hydrogens (tertiary/aromatic N) is 3. The second-order valence-corrected chi connectivity index (χ2v) is 4.76. The van der Waals surface area contributed by atoms with Crippen LogP contribution in [0.4, 0.5) is 5.82 Å². The van der Waals surface area contributed by atoms with Crippen LogP contribution in [0.3, 0.4) is 0 Å². The highest BCUT2D eigenvalue weighted by molar-refractivity contribution is 5.91. The fourth-order valence-electron chi connectivity index (χ4n) is 2.20. The van der Waals surface area contributed by atoms with Crippen LogP contribution in [0.1, 0.15) is 5.56 Å². The van der Waals surface area contributed by atoms with Gasteiger partial charge in [0.05, 0.1) is 26.6 Å². The fraction of sp³-hybridized carbons (Fsp3) is 0.118. The van der Waals surface area contributed by atoms with Gasteiger partial charge in [-0.05, 0) is 12.1 Å². The van der Waals surface area contributed by atoms with Crippen molar-refractivity contribution < 1.29 is 9.47 Å². The van der Waals surface area contributed by atoms with Crippen molar-refractivity contribution in [1.82, 2.24) is 10.2 Å². The summed E-state index contributed by atoms with van der Waals surface area (Å²) in [4.78, 5) is 0. The van der Waals surface area contributed by atoms with Gasteiger partial charge in [0.25, 0.3) is 0 Å². The molecule has 1 heterocycles. The monoisotopic (exact) mass is 308 g/mol. The Morgan fingerprint density at radius 3 is 2.78 bits per heavy atom. The fourth-order valence-corrected chi connectivity index (χ4v) is 2.20. The van der Waals surface area contributed by atoms with Crippen LogP contribution in [-0.2, 0) is 0 Å². The molecule has 0 atom stereocenters. The molecule has 0 saturated carbocycles. The molecule has 3 rings (SSSR count). The van der Waals surface area contributed by atoms with E-state index in [1.807, 2.05) is 36.4 Å². The number of fused-ring (bicyclic) bond motifs is 1. The number of methoxy groups -OCH3 is 2. The normalized spacial score (nSPS) is 10.9. The van der Waals surface area contributed by atoms with Gasteiger partial charge in [0, 0.05) is 22.4 Å². The highest BCUT2D eigenvalue weighted by Gasteiger charge is 2.04. The summed E-state index contributed by atoms with van der Waals surface area (Å²) >= 11 is 0. The minimum atomic E-state index is 0.604. The van der Waals surface area contributed by atoms with E-state index in [-0.39, 0.29) is 0 Å². The zero-order valence-corrected chi connectivity index (χ0v) is 12.9. The van der Waals surface area contributed by atoms with E-state index in [9.17, 15) is 0 Å². The van der Waals surface area contributed by atoms with Crippen LogP contribution >= 0.6 is 0 Å². The molecular weight excluding hydrogens is 292 g/mol. The molecule has 23 heavy (non-hydrogen) atoms. The van der Waals surface area contributed by atoms with Crippen molar-refractivity contribution in [2.45, 2.75) is 0 Å². The van der Waals surface area contributed by atoms with Crippen LogP contribution in [0.2, 0.25) is 0 Å². The van der Waals surface area contributed by atoms with Crippen molar-refractivity contribution in [3.63, 3.8) is 0 Å². The molecule has 0 spiro atoms. The van der Waals surface area contributed by atoms with E-state index in [0.717, 1.165) is 22.1 Å². The lowest BCUT2D eigenvalue weighted by Gasteiger charge is -2.07. The van der Waals surface area contributed by atoms with Gasteiger partial charge in [-0.2, -0.15) is 10.2 Å². The summed E-state index contributed by atoms with van der Waals surface area (Å²) in [5, 5.41) is 14.2. The quantitative estimate of drug-likeness (QED) is 0.579. The molecule has 0 aliphatic carbocycles. The van der Waals surface area contributed by atoms with Gasteiger partial charge < -0.3 is 9.47 Å². The minimum absolute atomic E-state index is 0.604. The van der Waals surface area contributed by atoms with Crippen molar-refractivity contribution in [1.29, 1.82) is 0 Å². The van der Waals surface area contributed by atoms with Gasteiger partial charge in [-0.1, -0.05) is 24.3 Å². The number of benzene rings is 2. The second-order valence-electron chi connectivity index (χ2n) is 4.76. The van der Waals surface area contributed by atoms with E-state index < -0.39 is 0 Å². The summed E-state index contributed by atoms with van der Waals surface area (Å²) in [5.41, 5.74) is 3.75. The standard InChI is InChI=1S/C17H16N4O2/c1-22-14-8-7-13(16(9-14)23-2)11-19-21-17-15-6-4-3-5-12(15)10-18-20-17/h3-11H,1-2H3,(H,20,21)/b19-11+. The zero-order chi connectivity index (χ0) is 16.1. The Labute approximate surface area is 133 Å². The van der Waals surface area contributed by atoms with E-state index in [4.69, 9.17) is 9.47 Å². The Morgan fingerprint density at radius 2 is 1.96 bits per heavy atom. The highest BCUT2D eigenvalue weighted by Crippen LogP contribution is 2.23. The van der Waals surface area contributed by atoms with Crippen LogP contribution in [-0.4, -0.2) is 30.6 Å². The van der Waals surface area contributed by atoms with Gasteiger partial charge in [-0.15, -0.1) is 5.10 Å². The van der Waals surface area contributed by atoms with E-state index >= 15 is 0 Å². The van der Waals surface area contributed by atoms with Crippen LogP contribution in [0.25, 0.3) is 10.8 Å². The molecule has 0 bridgehead atoms. The number of hydrogen-bond acceptors (Lipinski definition) is 6. The number of hydrogen-bond donors (Lipinski definition) is 1. The molecule has 116 valence electrons. The van der Waals surface area contributed by atoms with Gasteiger partial charge in [-0.3, -0.25) is 5.43 Å². The molecule has 6 heteroatoms. The summed E-state index contributed by atoms with van der Waals surface area (Å²) in [7, 11) is 3.22. The number of anilines is 1. The lowest BCUT2D eigenvalue weighted by atomic mass is 10.2. The molecule has 0 fully saturated rings. The summed E-state index contributed by atoms with van der Waals surface area (Å²) in [5.74, 6) is 2.01. The Balaban J connectivity index is 1.83. The number of hydrazone groups is 1. The first-order valence-corrected chi connectivity index (χ1v) is 7.03. The Morgan fingerprint density at radius 1 is 1.09 bits per heavy atom. The van der Waals surface area contributed by atoms with Gasteiger partial charge in [-0.25, -0.2) is 0 Å². The smallest absolute Gasteiger partial charge is 0.176 e. The number of ether oxygens (including phenoxy) is 2. The number of rotatable bonds is 5. The van der Waals surface area contributed by atoms with Crippen molar-refractivity contribution in [2.75, 3.05) is 19.6 Å². The predicted molar refractivity (Wildman–Crippen MR) is 90.3 cm³/mol. The summed E-state index contributed by atoms with van der Waals surface area (Å²) in [6, 6.07) is 13.4. The molecule has 1 N–H and O–H groups in total. The summed E-state index contributed by atoms with van der Waals surface area (Å²) in [6.45, 7) is 0. The van der Waals surface area contributed by atoms with E-state index in [1.165, 1.54) is 0 Å². The molecule has 6 nitrogen and oxygen atoms in total. The Hall–Kier alpha value is -3.15. The molecule has 3 aromatic rings.